The summed E-state index contributed by atoms with van der Waals surface area (Å²) in [7, 11) is -1.85. The van der Waals surface area contributed by atoms with Crippen molar-refractivity contribution < 1.29 is 14.0 Å². The number of aromatic amines is 1. The third-order valence-corrected chi connectivity index (χ3v) is 13.5. The molecule has 39 heavy (non-hydrogen) atoms. The fourth-order valence-electron chi connectivity index (χ4n) is 5.51. The zero-order valence-electron chi connectivity index (χ0n) is 24.9. The van der Waals surface area contributed by atoms with Gasteiger partial charge < -0.3 is 13.7 Å². The standard InChI is InChI=1S/C31H46ClN3O3Si/c1-8-24-27-25(34-33-24)16-12-10-11-13-19-35-28-22(17-18-23(32)26(27)28)21(29(35)30(36)37-9-2)15-14-20-38-39(6,7)31(3,4)5/h17-18H,8-16,19-20H2,1-7H3,(H,33,34). The van der Waals surface area contributed by atoms with E-state index in [0.717, 1.165) is 96.9 Å². The fourth-order valence-corrected chi connectivity index (χ4v) is 6.85. The van der Waals surface area contributed by atoms with Gasteiger partial charge in [0.2, 0.25) is 0 Å². The molecule has 1 N–H and O–H groups in total. The number of fused-ring (bicyclic) bond motifs is 2. The van der Waals surface area contributed by atoms with Gasteiger partial charge in [0.25, 0.3) is 0 Å². The van der Waals surface area contributed by atoms with Crippen molar-refractivity contribution in [3.05, 3.63) is 39.8 Å². The number of hydrogen-bond donors (Lipinski definition) is 1. The summed E-state index contributed by atoms with van der Waals surface area (Å²) in [6.07, 6.45) is 7.69. The molecule has 4 rings (SSSR count). The SMILES string of the molecule is CCOC(=O)c1c(CCCO[Si](C)(C)C(C)(C)C)c2ccc(Cl)c3c2n1CCCCCCc1[nH]nc(CC)c1-3. The van der Waals surface area contributed by atoms with Crippen LogP contribution in [0.4, 0.5) is 0 Å². The Morgan fingerprint density at radius 3 is 2.56 bits per heavy atom. The second-order valence-corrected chi connectivity index (χ2v) is 17.5. The van der Waals surface area contributed by atoms with Crippen LogP contribution in [0.1, 0.15) is 94.2 Å². The highest BCUT2D eigenvalue weighted by molar-refractivity contribution is 6.74. The van der Waals surface area contributed by atoms with Crippen LogP contribution in [-0.2, 0) is 35.0 Å². The minimum absolute atomic E-state index is 0.162. The first-order valence-electron chi connectivity index (χ1n) is 14.7. The van der Waals surface area contributed by atoms with Crippen LogP contribution in [0.3, 0.4) is 0 Å². The third kappa shape index (κ3) is 6.01. The Morgan fingerprint density at radius 1 is 1.13 bits per heavy atom. The third-order valence-electron chi connectivity index (χ3n) is 8.65. The van der Waals surface area contributed by atoms with E-state index in [0.29, 0.717) is 23.9 Å². The molecule has 6 nitrogen and oxygen atoms in total. The van der Waals surface area contributed by atoms with Gasteiger partial charge in [0.15, 0.2) is 8.32 Å². The summed E-state index contributed by atoms with van der Waals surface area (Å²) in [5, 5.41) is 9.95. The van der Waals surface area contributed by atoms with E-state index in [-0.39, 0.29) is 11.0 Å². The number of aryl methyl sites for hydroxylation is 4. The van der Waals surface area contributed by atoms with Crippen molar-refractivity contribution in [2.45, 2.75) is 111 Å². The van der Waals surface area contributed by atoms with Crippen molar-refractivity contribution in [1.29, 1.82) is 0 Å². The summed E-state index contributed by atoms with van der Waals surface area (Å²) < 4.78 is 14.4. The van der Waals surface area contributed by atoms with Crippen molar-refractivity contribution in [2.24, 2.45) is 0 Å². The number of aromatic nitrogens is 3. The van der Waals surface area contributed by atoms with E-state index in [1.165, 1.54) is 0 Å². The van der Waals surface area contributed by atoms with E-state index in [1.807, 2.05) is 13.0 Å². The van der Waals surface area contributed by atoms with Gasteiger partial charge in [-0.2, -0.15) is 5.10 Å². The molecule has 0 aliphatic carbocycles. The molecule has 1 aromatic carbocycles. The summed E-state index contributed by atoms with van der Waals surface area (Å²) in [4.78, 5) is 13.6. The van der Waals surface area contributed by atoms with Gasteiger partial charge in [-0.25, -0.2) is 4.79 Å². The summed E-state index contributed by atoms with van der Waals surface area (Å²) in [5.74, 6) is -0.255. The Balaban J connectivity index is 1.89. The van der Waals surface area contributed by atoms with Gasteiger partial charge in [-0.15, -0.1) is 0 Å². The largest absolute Gasteiger partial charge is 0.461 e. The lowest BCUT2D eigenvalue weighted by atomic mass is 9.95. The average Bonchev–Trinajstić information content (AvgIpc) is 3.41. The number of esters is 1. The number of nitrogens with zero attached hydrogens (tertiary/aromatic N) is 2. The normalized spacial score (nSPS) is 14.8. The molecular weight excluding hydrogens is 526 g/mol. The quantitative estimate of drug-likeness (QED) is 0.167. The summed E-state index contributed by atoms with van der Waals surface area (Å²) in [6, 6.07) is 4.08. The lowest BCUT2D eigenvalue weighted by Gasteiger charge is -2.36. The zero-order valence-corrected chi connectivity index (χ0v) is 26.7. The Hall–Kier alpha value is -2.09. The highest BCUT2D eigenvalue weighted by Gasteiger charge is 2.37. The van der Waals surface area contributed by atoms with Crippen LogP contribution in [-0.4, -0.2) is 42.3 Å². The molecule has 1 aliphatic rings. The monoisotopic (exact) mass is 571 g/mol. The molecule has 3 aromatic rings. The van der Waals surface area contributed by atoms with Crippen molar-refractivity contribution in [2.75, 3.05) is 13.2 Å². The number of ether oxygens (including phenoxy) is 1. The minimum Gasteiger partial charge on any atom is -0.461 e. The average molecular weight is 572 g/mol. The second kappa shape index (κ2) is 12.2. The Kier molecular flexibility index (Phi) is 9.34. The molecule has 0 atom stereocenters. The molecule has 214 valence electrons. The van der Waals surface area contributed by atoms with Gasteiger partial charge >= 0.3 is 5.97 Å². The molecular formula is C31H46ClN3O3Si. The van der Waals surface area contributed by atoms with E-state index in [2.05, 4.69) is 61.6 Å². The minimum atomic E-state index is -1.85. The maximum absolute atomic E-state index is 13.6. The van der Waals surface area contributed by atoms with E-state index in [4.69, 9.17) is 20.8 Å². The number of carbonyl (C=O) groups is 1. The predicted molar refractivity (Wildman–Crippen MR) is 164 cm³/mol. The molecule has 0 spiro atoms. The molecule has 0 saturated carbocycles. The van der Waals surface area contributed by atoms with Gasteiger partial charge in [0, 0.05) is 35.4 Å². The molecule has 1 aliphatic heterocycles. The Labute approximate surface area is 239 Å². The smallest absolute Gasteiger partial charge is 0.355 e. The number of benzene rings is 1. The Morgan fingerprint density at radius 2 is 1.87 bits per heavy atom. The second-order valence-electron chi connectivity index (χ2n) is 12.3. The molecule has 8 heteroatoms. The van der Waals surface area contributed by atoms with Crippen LogP contribution in [0, 0.1) is 0 Å². The zero-order chi connectivity index (χ0) is 28.4. The van der Waals surface area contributed by atoms with Gasteiger partial charge in [0.05, 0.1) is 22.8 Å². The number of H-pyrrole nitrogens is 1. The molecule has 0 saturated heterocycles. The highest BCUT2D eigenvalue weighted by atomic mass is 35.5. The van der Waals surface area contributed by atoms with Crippen LogP contribution >= 0.6 is 11.6 Å². The number of rotatable bonds is 8. The van der Waals surface area contributed by atoms with E-state index in [9.17, 15) is 4.79 Å². The summed E-state index contributed by atoms with van der Waals surface area (Å²) in [6.45, 7) is 17.1. The van der Waals surface area contributed by atoms with Gasteiger partial charge in [-0.05, 0) is 75.2 Å². The van der Waals surface area contributed by atoms with Crippen LogP contribution < -0.4 is 0 Å². The number of hydrogen-bond acceptors (Lipinski definition) is 4. The topological polar surface area (TPSA) is 69.1 Å². The summed E-state index contributed by atoms with van der Waals surface area (Å²) >= 11 is 7.02. The number of carbonyl (C=O) groups excluding carboxylic acids is 1. The van der Waals surface area contributed by atoms with Crippen LogP contribution in [0.5, 0.6) is 0 Å². The van der Waals surface area contributed by atoms with Crippen molar-refractivity contribution in [3.8, 4) is 11.1 Å². The maximum atomic E-state index is 13.6. The van der Waals surface area contributed by atoms with Gasteiger partial charge in [-0.3, -0.25) is 5.10 Å². The van der Waals surface area contributed by atoms with Crippen LogP contribution in [0.15, 0.2) is 12.1 Å². The molecule has 3 heterocycles. The number of nitrogens with one attached hydrogen (secondary N) is 1. The van der Waals surface area contributed by atoms with Crippen molar-refractivity contribution in [1.82, 2.24) is 14.8 Å². The molecule has 0 radical (unpaired) electrons. The van der Waals surface area contributed by atoms with E-state index < -0.39 is 8.32 Å². The molecule has 0 bridgehead atoms. The Bertz CT molecular complexity index is 1320. The van der Waals surface area contributed by atoms with E-state index >= 15 is 0 Å². The first-order valence-corrected chi connectivity index (χ1v) is 18.0. The lowest BCUT2D eigenvalue weighted by Crippen LogP contribution is -2.41. The van der Waals surface area contributed by atoms with Gasteiger partial charge in [-0.1, -0.05) is 58.2 Å². The van der Waals surface area contributed by atoms with Crippen LogP contribution in [0.2, 0.25) is 23.2 Å². The maximum Gasteiger partial charge on any atom is 0.355 e. The van der Waals surface area contributed by atoms with Crippen molar-refractivity contribution in [3.63, 3.8) is 0 Å². The first kappa shape index (κ1) is 29.9. The molecule has 0 fully saturated rings. The fraction of sp³-hybridized carbons (Fsp3) is 0.613. The molecule has 0 unspecified atom stereocenters. The van der Waals surface area contributed by atoms with Gasteiger partial charge in [0.1, 0.15) is 5.69 Å². The highest BCUT2D eigenvalue weighted by Crippen LogP contribution is 2.43. The number of halogens is 1. The molecule has 2 aromatic heterocycles. The summed E-state index contributed by atoms with van der Waals surface area (Å²) in [5.41, 5.74) is 7.00. The van der Waals surface area contributed by atoms with E-state index in [1.54, 1.807) is 0 Å². The van der Waals surface area contributed by atoms with Crippen molar-refractivity contribution >= 4 is 36.8 Å². The predicted octanol–water partition coefficient (Wildman–Crippen LogP) is 8.49. The van der Waals surface area contributed by atoms with Crippen LogP contribution in [0.25, 0.3) is 22.0 Å². The lowest BCUT2D eigenvalue weighted by molar-refractivity contribution is 0.0512. The molecule has 0 amide bonds. The first-order chi connectivity index (χ1) is 18.5.